The molecule has 332 valence electrons. The quantitative estimate of drug-likeness (QED) is 0.0651. The molecule has 7 N–H and O–H groups in total. The monoisotopic (exact) mass is 858 g/mol. The van der Waals surface area contributed by atoms with Gasteiger partial charge in [-0.2, -0.15) is 0 Å². The number of amides is 6. The molecule has 2 atom stereocenters. The standard InChI is InChI=1S/C41H63N8O10P/c1-31(50)42-19-23-48(24-20-43-32(2)51)28-39(54)46-27-37(47-40(55)29-49(25-21-44-33(3)52)26-22-45-34(4)53)30-58-60(56,57)59-38-15-17-41(18-16-38,35-11-7-5-8-12-35)36-13-9-6-10-14-36/h5-14,37-38H,15-30H2,1-4H3,(H,42,50)(H,43,51)(H,44,52)(H,45,53)(H,46,54)(H,47,55)(H,56,57)/t37-/m1/s1. The largest absolute Gasteiger partial charge is 0.472 e. The number of nitrogens with zero attached hydrogens (tertiary/aromatic N) is 2. The fourth-order valence-electron chi connectivity index (χ4n) is 7.07. The summed E-state index contributed by atoms with van der Waals surface area (Å²) in [5.41, 5.74) is 2.02. The molecular weight excluding hydrogens is 795 g/mol. The van der Waals surface area contributed by atoms with Crippen LogP contribution < -0.4 is 31.9 Å². The Morgan fingerprint density at radius 3 is 1.47 bits per heavy atom. The number of hydrogen-bond donors (Lipinski definition) is 7. The molecule has 1 aliphatic carbocycles. The van der Waals surface area contributed by atoms with E-state index in [2.05, 4.69) is 56.2 Å². The lowest BCUT2D eigenvalue weighted by Gasteiger charge is -2.41. The summed E-state index contributed by atoms with van der Waals surface area (Å²) in [7, 11) is -4.66. The molecule has 2 aromatic carbocycles. The third-order valence-electron chi connectivity index (χ3n) is 10.0. The van der Waals surface area contributed by atoms with Crippen molar-refractivity contribution >= 4 is 43.3 Å². The van der Waals surface area contributed by atoms with Crippen molar-refractivity contribution in [2.45, 2.75) is 70.9 Å². The number of carbonyl (C=O) groups excluding carboxylic acids is 6. The highest BCUT2D eigenvalue weighted by Gasteiger charge is 2.41. The molecule has 1 aliphatic rings. The number of rotatable bonds is 26. The summed E-state index contributed by atoms with van der Waals surface area (Å²) < 4.78 is 24.7. The summed E-state index contributed by atoms with van der Waals surface area (Å²) in [6, 6.07) is 19.4. The third-order valence-corrected chi connectivity index (χ3v) is 11.1. The van der Waals surface area contributed by atoms with Crippen LogP contribution in [0.4, 0.5) is 0 Å². The molecule has 60 heavy (non-hydrogen) atoms. The Hall–Kier alpha value is -4.71. The predicted octanol–water partition coefficient (Wildman–Crippen LogP) is 0.798. The van der Waals surface area contributed by atoms with Crippen molar-refractivity contribution < 1.29 is 47.3 Å². The van der Waals surface area contributed by atoms with Gasteiger partial charge in [0.05, 0.1) is 31.8 Å². The molecule has 0 saturated heterocycles. The van der Waals surface area contributed by atoms with E-state index in [0.29, 0.717) is 38.8 Å². The van der Waals surface area contributed by atoms with Gasteiger partial charge in [0.15, 0.2) is 0 Å². The molecule has 0 aliphatic heterocycles. The SMILES string of the molecule is CC(=O)NCCN(CCNC(C)=O)CC(=O)NC[C@H](COP(=O)(O)OC1CCC(c2ccccc2)(c2ccccc2)CC1)NC(=O)CN(CCNC(C)=O)CCNC(C)=O. The van der Waals surface area contributed by atoms with Gasteiger partial charge >= 0.3 is 7.82 Å². The maximum absolute atomic E-state index is 13.4. The van der Waals surface area contributed by atoms with Crippen molar-refractivity contribution in [2.75, 3.05) is 78.6 Å². The molecule has 1 saturated carbocycles. The van der Waals surface area contributed by atoms with Crippen molar-refractivity contribution in [1.82, 2.24) is 41.7 Å². The summed E-state index contributed by atoms with van der Waals surface area (Å²) in [5.74, 6) is -1.90. The van der Waals surface area contributed by atoms with Crippen LogP contribution in [0.5, 0.6) is 0 Å². The maximum Gasteiger partial charge on any atom is 0.472 e. The summed E-state index contributed by atoms with van der Waals surface area (Å²) >= 11 is 0. The molecule has 19 heteroatoms. The van der Waals surface area contributed by atoms with Gasteiger partial charge in [0.2, 0.25) is 35.4 Å². The molecule has 0 heterocycles. The van der Waals surface area contributed by atoms with E-state index in [4.69, 9.17) is 9.05 Å². The molecule has 18 nitrogen and oxygen atoms in total. The highest BCUT2D eigenvalue weighted by Crippen LogP contribution is 2.51. The fourth-order valence-corrected chi connectivity index (χ4v) is 8.09. The molecule has 0 radical (unpaired) electrons. The molecule has 3 rings (SSSR count). The lowest BCUT2D eigenvalue weighted by atomic mass is 9.65. The first kappa shape index (κ1) is 49.7. The minimum absolute atomic E-state index is 0.114. The van der Waals surface area contributed by atoms with Crippen molar-refractivity contribution in [2.24, 2.45) is 0 Å². The van der Waals surface area contributed by atoms with Gasteiger partial charge < -0.3 is 36.8 Å². The molecule has 1 fully saturated rings. The molecule has 2 aromatic rings. The van der Waals surface area contributed by atoms with Crippen LogP contribution in [0.15, 0.2) is 60.7 Å². The summed E-state index contributed by atoms with van der Waals surface area (Å²) in [5, 5.41) is 16.3. The van der Waals surface area contributed by atoms with E-state index in [0.717, 1.165) is 11.1 Å². The van der Waals surface area contributed by atoms with Crippen molar-refractivity contribution in [3.63, 3.8) is 0 Å². The maximum atomic E-state index is 13.4. The normalized spacial score (nSPS) is 15.3. The third kappa shape index (κ3) is 19.1. The van der Waals surface area contributed by atoms with Gasteiger partial charge in [0.25, 0.3) is 0 Å². The van der Waals surface area contributed by atoms with Crippen LogP contribution in [0, 0.1) is 0 Å². The Bertz CT molecular complexity index is 1650. The van der Waals surface area contributed by atoms with Crippen LogP contribution in [0.2, 0.25) is 0 Å². The Morgan fingerprint density at radius 2 is 1.07 bits per heavy atom. The number of hydrogen-bond acceptors (Lipinski definition) is 11. The van der Waals surface area contributed by atoms with Crippen LogP contribution in [-0.2, 0) is 47.8 Å². The highest BCUT2D eigenvalue weighted by molar-refractivity contribution is 7.47. The van der Waals surface area contributed by atoms with Crippen LogP contribution in [0.25, 0.3) is 0 Å². The van der Waals surface area contributed by atoms with Gasteiger partial charge in [-0.3, -0.25) is 47.6 Å². The fraction of sp³-hybridized carbons (Fsp3) is 0.561. The number of benzene rings is 2. The molecule has 0 spiro atoms. The Labute approximate surface area is 352 Å². The number of nitrogens with one attached hydrogen (secondary N) is 6. The summed E-state index contributed by atoms with van der Waals surface area (Å²) in [6.07, 6.45) is 1.74. The van der Waals surface area contributed by atoms with E-state index in [1.54, 1.807) is 9.80 Å². The first-order chi connectivity index (χ1) is 28.6. The second kappa shape index (κ2) is 25.8. The average Bonchev–Trinajstić information content (AvgIpc) is 3.19. The summed E-state index contributed by atoms with van der Waals surface area (Å²) in [4.78, 5) is 86.8. The first-order valence-corrected chi connectivity index (χ1v) is 21.8. The molecular formula is C41H63N8O10P. The lowest BCUT2D eigenvalue weighted by Crippen LogP contribution is -2.51. The van der Waals surface area contributed by atoms with Crippen LogP contribution >= 0.6 is 7.82 Å². The van der Waals surface area contributed by atoms with Gasteiger partial charge in [-0.25, -0.2) is 4.57 Å². The van der Waals surface area contributed by atoms with Gasteiger partial charge in [-0.15, -0.1) is 0 Å². The second-order valence-corrected chi connectivity index (χ2v) is 16.3. The van der Waals surface area contributed by atoms with Gasteiger partial charge in [-0.05, 0) is 36.8 Å². The number of phosphoric acid groups is 1. The van der Waals surface area contributed by atoms with Crippen LogP contribution in [-0.4, -0.2) is 141 Å². The number of carbonyl (C=O) groups is 6. The van der Waals surface area contributed by atoms with Crippen molar-refractivity contribution in [3.05, 3.63) is 71.8 Å². The predicted molar refractivity (Wildman–Crippen MR) is 225 cm³/mol. The Balaban J connectivity index is 1.69. The molecule has 0 bridgehead atoms. The van der Waals surface area contributed by atoms with E-state index < -0.39 is 38.4 Å². The van der Waals surface area contributed by atoms with Gasteiger partial charge in [0.1, 0.15) is 0 Å². The van der Waals surface area contributed by atoms with Crippen molar-refractivity contribution in [1.29, 1.82) is 0 Å². The zero-order valence-electron chi connectivity index (χ0n) is 35.2. The molecule has 6 amide bonds. The Morgan fingerprint density at radius 1 is 0.667 bits per heavy atom. The zero-order chi connectivity index (χ0) is 44.0. The second-order valence-electron chi connectivity index (χ2n) is 14.9. The van der Waals surface area contributed by atoms with Gasteiger partial charge in [0, 0.05) is 92.0 Å². The molecule has 0 aromatic heterocycles. The number of phosphoric ester groups is 1. The average molecular weight is 859 g/mol. The van der Waals surface area contributed by atoms with E-state index in [-0.39, 0.29) is 87.9 Å². The minimum atomic E-state index is -4.66. The smallest absolute Gasteiger partial charge is 0.355 e. The van der Waals surface area contributed by atoms with E-state index >= 15 is 0 Å². The van der Waals surface area contributed by atoms with E-state index in [1.165, 1.54) is 27.7 Å². The first-order valence-electron chi connectivity index (χ1n) is 20.3. The minimum Gasteiger partial charge on any atom is -0.355 e. The topological polar surface area (TPSA) is 237 Å². The van der Waals surface area contributed by atoms with E-state index in [1.807, 2.05) is 36.4 Å². The highest BCUT2D eigenvalue weighted by atomic mass is 31.2. The molecule has 1 unspecified atom stereocenters. The van der Waals surface area contributed by atoms with E-state index in [9.17, 15) is 38.2 Å². The van der Waals surface area contributed by atoms with Crippen LogP contribution in [0.3, 0.4) is 0 Å². The zero-order valence-corrected chi connectivity index (χ0v) is 36.1. The Kier molecular flexibility index (Phi) is 21.4. The summed E-state index contributed by atoms with van der Waals surface area (Å²) in [6.45, 7) is 6.77. The van der Waals surface area contributed by atoms with Crippen molar-refractivity contribution in [3.8, 4) is 0 Å². The van der Waals surface area contributed by atoms with Gasteiger partial charge in [-0.1, -0.05) is 60.7 Å². The lowest BCUT2D eigenvalue weighted by molar-refractivity contribution is -0.125. The van der Waals surface area contributed by atoms with Crippen LogP contribution in [0.1, 0.15) is 64.5 Å².